The molecule has 1 amide bonds. The van der Waals surface area contributed by atoms with Crippen LogP contribution in [0.25, 0.3) is 0 Å². The van der Waals surface area contributed by atoms with E-state index < -0.39 is 0 Å². The molecular weight excluding hydrogens is 419 g/mol. The number of ketones is 1. The number of hydrogen-bond acceptors (Lipinski definition) is 4. The number of hydrogen-bond donors (Lipinski definition) is 2. The van der Waals surface area contributed by atoms with Crippen molar-refractivity contribution < 1.29 is 19.1 Å². The number of halogens is 1. The lowest BCUT2D eigenvalue weighted by Gasteiger charge is -2.35. The van der Waals surface area contributed by atoms with Crippen LogP contribution in [0, 0.1) is 29.5 Å². The van der Waals surface area contributed by atoms with Gasteiger partial charge >= 0.3 is 0 Å². The molecule has 5 nitrogen and oxygen atoms in total. The lowest BCUT2D eigenvalue weighted by Crippen LogP contribution is -2.41. The number of aliphatic hydroxyl groups is 1. The molecule has 182 valence electrons. The molecule has 33 heavy (non-hydrogen) atoms. The lowest BCUT2D eigenvalue weighted by atomic mass is 9.73. The van der Waals surface area contributed by atoms with Crippen molar-refractivity contribution in [3.8, 4) is 0 Å². The first-order valence-electron chi connectivity index (χ1n) is 12.9. The van der Waals surface area contributed by atoms with Gasteiger partial charge in [-0.15, -0.1) is 0 Å². The minimum atomic E-state index is -0.302. The van der Waals surface area contributed by atoms with Gasteiger partial charge in [-0.1, -0.05) is 0 Å². The van der Waals surface area contributed by atoms with Crippen LogP contribution in [0.15, 0.2) is 24.3 Å². The molecule has 6 heteroatoms. The summed E-state index contributed by atoms with van der Waals surface area (Å²) in [6.07, 6.45) is 10.1. The molecule has 3 fully saturated rings. The van der Waals surface area contributed by atoms with E-state index in [-0.39, 0.29) is 30.0 Å². The average molecular weight is 459 g/mol. The van der Waals surface area contributed by atoms with E-state index in [0.717, 1.165) is 64.1 Å². The van der Waals surface area contributed by atoms with Gasteiger partial charge in [-0.25, -0.2) is 4.39 Å². The number of rotatable bonds is 9. The van der Waals surface area contributed by atoms with Crippen molar-refractivity contribution in [2.24, 2.45) is 23.7 Å². The molecule has 0 unspecified atom stereocenters. The minimum Gasteiger partial charge on any atom is -0.396 e. The van der Waals surface area contributed by atoms with Crippen LogP contribution in [-0.4, -0.2) is 54.0 Å². The number of nitrogens with zero attached hydrogens (tertiary/aromatic N) is 1. The Morgan fingerprint density at radius 1 is 0.939 bits per heavy atom. The van der Waals surface area contributed by atoms with Crippen molar-refractivity contribution in [2.45, 2.75) is 70.3 Å². The number of Topliss-reactive ketones (excluding diaryl/α,β-unsaturated/α-hetero) is 1. The lowest BCUT2D eigenvalue weighted by molar-refractivity contribution is -0.124. The van der Waals surface area contributed by atoms with E-state index in [1.165, 1.54) is 31.4 Å². The molecule has 1 saturated heterocycles. The highest BCUT2D eigenvalue weighted by Gasteiger charge is 2.31. The van der Waals surface area contributed by atoms with Crippen molar-refractivity contribution in [1.29, 1.82) is 0 Å². The first-order chi connectivity index (χ1) is 16.0. The van der Waals surface area contributed by atoms with E-state index in [4.69, 9.17) is 5.11 Å². The van der Waals surface area contributed by atoms with Gasteiger partial charge in [0.2, 0.25) is 5.91 Å². The number of aliphatic hydroxyl groups excluding tert-OH is 1. The Morgan fingerprint density at radius 3 is 2.24 bits per heavy atom. The zero-order valence-corrected chi connectivity index (χ0v) is 19.7. The number of carbonyl (C=O) groups excluding carboxylic acids is 2. The quantitative estimate of drug-likeness (QED) is 0.545. The van der Waals surface area contributed by atoms with Gasteiger partial charge < -0.3 is 15.3 Å². The first kappa shape index (κ1) is 24.3. The highest BCUT2D eigenvalue weighted by molar-refractivity contribution is 5.97. The predicted molar refractivity (Wildman–Crippen MR) is 126 cm³/mol. The maximum Gasteiger partial charge on any atom is 0.220 e. The van der Waals surface area contributed by atoms with Crippen molar-refractivity contribution >= 4 is 11.7 Å². The van der Waals surface area contributed by atoms with Crippen LogP contribution in [0.1, 0.15) is 74.6 Å². The van der Waals surface area contributed by atoms with Crippen molar-refractivity contribution in [3.63, 3.8) is 0 Å². The fourth-order valence-electron chi connectivity index (χ4n) is 5.97. The summed E-state index contributed by atoms with van der Waals surface area (Å²) in [5.74, 6) is 1.71. The van der Waals surface area contributed by atoms with E-state index in [0.29, 0.717) is 29.9 Å². The molecule has 0 spiro atoms. The number of benzene rings is 1. The van der Waals surface area contributed by atoms with Gasteiger partial charge in [0.15, 0.2) is 5.78 Å². The summed E-state index contributed by atoms with van der Waals surface area (Å²) in [7, 11) is 0. The summed E-state index contributed by atoms with van der Waals surface area (Å²) in [6, 6.07) is 6.26. The summed E-state index contributed by atoms with van der Waals surface area (Å²) in [6.45, 7) is 3.27. The van der Waals surface area contributed by atoms with Crippen LogP contribution in [0.4, 0.5) is 4.39 Å². The molecule has 1 heterocycles. The molecule has 4 rings (SSSR count). The van der Waals surface area contributed by atoms with Gasteiger partial charge in [-0.3, -0.25) is 9.59 Å². The number of amides is 1. The Hall–Kier alpha value is -1.79. The van der Waals surface area contributed by atoms with Crippen LogP contribution in [0.2, 0.25) is 0 Å². The second-order valence-electron chi connectivity index (χ2n) is 10.7. The standard InChI is InChI=1S/C27H39FN2O3/c28-24-5-3-22(4-6-24)27(33)23-10-13-30(14-11-23)12-9-19-1-7-25(8-2-19)29-26(32)17-20-15-21(16-20)18-31/h3-6,19-21,23,25,31H,1-2,7-18H2,(H,29,32)/t19-,20?,21?,25-. The fourth-order valence-corrected chi connectivity index (χ4v) is 5.97. The maximum atomic E-state index is 13.1. The monoisotopic (exact) mass is 458 g/mol. The van der Waals surface area contributed by atoms with E-state index in [1.807, 2.05) is 0 Å². The van der Waals surface area contributed by atoms with Crippen LogP contribution >= 0.6 is 0 Å². The summed E-state index contributed by atoms with van der Waals surface area (Å²) in [4.78, 5) is 27.4. The molecular formula is C27H39FN2O3. The van der Waals surface area contributed by atoms with Crippen LogP contribution in [-0.2, 0) is 4.79 Å². The van der Waals surface area contributed by atoms with E-state index in [9.17, 15) is 14.0 Å². The molecule has 1 aliphatic heterocycles. The molecule has 2 aliphatic carbocycles. The molecule has 1 aromatic carbocycles. The molecule has 1 aromatic rings. The number of piperidine rings is 1. The Labute approximate surface area is 197 Å². The minimum absolute atomic E-state index is 0.0558. The SMILES string of the molecule is O=C(CC1CC(CO)C1)N[C@H]1CC[C@H](CCN2CCC(C(=O)c3ccc(F)cc3)CC2)CC1. The molecule has 0 aromatic heterocycles. The Bertz CT molecular complexity index is 777. The number of nitrogens with one attached hydrogen (secondary N) is 1. The summed E-state index contributed by atoms with van der Waals surface area (Å²) in [5.41, 5.74) is 0.626. The zero-order valence-electron chi connectivity index (χ0n) is 19.7. The summed E-state index contributed by atoms with van der Waals surface area (Å²) in [5, 5.41) is 12.4. The molecule has 2 saturated carbocycles. The van der Waals surface area contributed by atoms with Crippen LogP contribution in [0.3, 0.4) is 0 Å². The fraction of sp³-hybridized carbons (Fsp3) is 0.704. The van der Waals surface area contributed by atoms with Gasteiger partial charge in [-0.05, 0) is 119 Å². The molecule has 0 atom stereocenters. The third-order valence-corrected chi connectivity index (χ3v) is 8.22. The van der Waals surface area contributed by atoms with E-state index in [2.05, 4.69) is 10.2 Å². The van der Waals surface area contributed by atoms with Gasteiger partial charge in [-0.2, -0.15) is 0 Å². The van der Waals surface area contributed by atoms with Crippen molar-refractivity contribution in [3.05, 3.63) is 35.6 Å². The van der Waals surface area contributed by atoms with Gasteiger partial charge in [0.25, 0.3) is 0 Å². The second kappa shape index (κ2) is 11.6. The van der Waals surface area contributed by atoms with Gasteiger partial charge in [0, 0.05) is 30.6 Å². The Balaban J connectivity index is 1.08. The summed E-state index contributed by atoms with van der Waals surface area (Å²) < 4.78 is 13.1. The smallest absolute Gasteiger partial charge is 0.220 e. The molecule has 2 N–H and O–H groups in total. The third kappa shape index (κ3) is 6.86. The highest BCUT2D eigenvalue weighted by Crippen LogP contribution is 2.36. The maximum absolute atomic E-state index is 13.1. The zero-order chi connectivity index (χ0) is 23.2. The van der Waals surface area contributed by atoms with E-state index >= 15 is 0 Å². The number of carbonyl (C=O) groups is 2. The molecule has 0 radical (unpaired) electrons. The van der Waals surface area contributed by atoms with Crippen LogP contribution in [0.5, 0.6) is 0 Å². The number of likely N-dealkylation sites (tertiary alicyclic amines) is 1. The summed E-state index contributed by atoms with van der Waals surface area (Å²) >= 11 is 0. The van der Waals surface area contributed by atoms with Crippen molar-refractivity contribution in [2.75, 3.05) is 26.2 Å². The van der Waals surface area contributed by atoms with Crippen LogP contribution < -0.4 is 5.32 Å². The highest BCUT2D eigenvalue weighted by atomic mass is 19.1. The average Bonchev–Trinajstić information content (AvgIpc) is 2.81. The third-order valence-electron chi connectivity index (χ3n) is 8.22. The largest absolute Gasteiger partial charge is 0.396 e. The Morgan fingerprint density at radius 2 is 1.61 bits per heavy atom. The Kier molecular flexibility index (Phi) is 8.53. The predicted octanol–water partition coefficient (Wildman–Crippen LogP) is 4.19. The first-order valence-corrected chi connectivity index (χ1v) is 12.9. The van der Waals surface area contributed by atoms with Crippen molar-refractivity contribution in [1.82, 2.24) is 10.2 Å². The van der Waals surface area contributed by atoms with Gasteiger partial charge in [0.1, 0.15) is 5.82 Å². The van der Waals surface area contributed by atoms with E-state index in [1.54, 1.807) is 12.1 Å². The molecule has 0 bridgehead atoms. The normalized spacial score (nSPS) is 28.8. The van der Waals surface area contributed by atoms with Gasteiger partial charge in [0.05, 0.1) is 0 Å². The molecule has 3 aliphatic rings. The second-order valence-corrected chi connectivity index (χ2v) is 10.7. The topological polar surface area (TPSA) is 69.6 Å².